The van der Waals surface area contributed by atoms with Gasteiger partial charge in [0.2, 0.25) is 0 Å². The Hall–Kier alpha value is -0.220. The second kappa shape index (κ2) is 8.15. The van der Waals surface area contributed by atoms with Crippen molar-refractivity contribution in [3.63, 3.8) is 0 Å². The molecule has 2 atom stereocenters. The molecule has 0 aromatic heterocycles. The monoisotopic (exact) mass is 283 g/mol. The number of nitrogens with one attached hydrogen (secondary N) is 1. The Morgan fingerprint density at radius 3 is 2.89 bits per heavy atom. The molecular formula is C15H29N3S. The van der Waals surface area contributed by atoms with Gasteiger partial charge in [0.1, 0.15) is 0 Å². The van der Waals surface area contributed by atoms with E-state index in [9.17, 15) is 0 Å². The molecule has 3 nitrogen and oxygen atoms in total. The Balaban J connectivity index is 1.74. The highest BCUT2D eigenvalue weighted by atomic mass is 32.2. The van der Waals surface area contributed by atoms with E-state index in [1.165, 1.54) is 49.6 Å². The van der Waals surface area contributed by atoms with Crippen LogP contribution in [0.5, 0.6) is 0 Å². The maximum atomic E-state index is 4.77. The molecular weight excluding hydrogens is 254 g/mol. The molecule has 0 radical (unpaired) electrons. The smallest absolute Gasteiger partial charge is 0.156 e. The van der Waals surface area contributed by atoms with E-state index in [4.69, 9.17) is 4.99 Å². The number of hydrogen-bond acceptors (Lipinski definition) is 3. The van der Waals surface area contributed by atoms with Crippen LogP contribution in [0.3, 0.4) is 0 Å². The third-order valence-corrected chi connectivity index (χ3v) is 5.43. The van der Waals surface area contributed by atoms with Crippen molar-refractivity contribution in [3.8, 4) is 0 Å². The van der Waals surface area contributed by atoms with Crippen molar-refractivity contribution < 1.29 is 0 Å². The van der Waals surface area contributed by atoms with E-state index < -0.39 is 0 Å². The summed E-state index contributed by atoms with van der Waals surface area (Å²) >= 11 is 1.94. The van der Waals surface area contributed by atoms with Crippen LogP contribution in [-0.2, 0) is 0 Å². The number of thioether (sulfide) groups is 1. The zero-order valence-electron chi connectivity index (χ0n) is 12.5. The lowest BCUT2D eigenvalue weighted by Crippen LogP contribution is -2.46. The molecule has 2 rings (SSSR count). The summed E-state index contributed by atoms with van der Waals surface area (Å²) in [5.41, 5.74) is 0. The van der Waals surface area contributed by atoms with Crippen LogP contribution in [-0.4, -0.2) is 48.0 Å². The van der Waals surface area contributed by atoms with Crippen LogP contribution in [0.15, 0.2) is 4.99 Å². The first kappa shape index (κ1) is 15.2. The summed E-state index contributed by atoms with van der Waals surface area (Å²) in [5, 5.41) is 4.88. The molecule has 2 fully saturated rings. The summed E-state index contributed by atoms with van der Waals surface area (Å²) in [6, 6.07) is 0.715. The summed E-state index contributed by atoms with van der Waals surface area (Å²) in [7, 11) is 0. The maximum Gasteiger partial charge on any atom is 0.156 e. The van der Waals surface area contributed by atoms with Gasteiger partial charge in [0.25, 0.3) is 0 Å². The van der Waals surface area contributed by atoms with E-state index in [0.717, 1.165) is 25.6 Å². The van der Waals surface area contributed by atoms with Crippen LogP contribution in [0.1, 0.15) is 46.0 Å². The van der Waals surface area contributed by atoms with Crippen molar-refractivity contribution in [2.75, 3.05) is 31.9 Å². The highest BCUT2D eigenvalue weighted by Gasteiger charge is 2.29. The number of rotatable bonds is 6. The summed E-state index contributed by atoms with van der Waals surface area (Å²) in [6.45, 7) is 8.88. The molecule has 2 unspecified atom stereocenters. The van der Waals surface area contributed by atoms with Crippen LogP contribution in [0.25, 0.3) is 0 Å². The Morgan fingerprint density at radius 1 is 1.26 bits per heavy atom. The minimum Gasteiger partial charge on any atom is -0.362 e. The van der Waals surface area contributed by atoms with Crippen molar-refractivity contribution >= 4 is 16.9 Å². The highest BCUT2D eigenvalue weighted by molar-refractivity contribution is 8.13. The SMILES string of the molecule is CCCN(CC)CCN=C1NC2CCCCC2CS1. The molecule has 4 heteroatoms. The molecule has 0 bridgehead atoms. The van der Waals surface area contributed by atoms with Crippen LogP contribution >= 0.6 is 11.8 Å². The van der Waals surface area contributed by atoms with Crippen LogP contribution < -0.4 is 5.32 Å². The van der Waals surface area contributed by atoms with Gasteiger partial charge in [-0.3, -0.25) is 4.99 Å². The zero-order valence-corrected chi connectivity index (χ0v) is 13.3. The summed E-state index contributed by atoms with van der Waals surface area (Å²) in [6.07, 6.45) is 6.82. The normalized spacial score (nSPS) is 29.3. The third-order valence-electron chi connectivity index (χ3n) is 4.31. The van der Waals surface area contributed by atoms with Crippen molar-refractivity contribution in [3.05, 3.63) is 0 Å². The van der Waals surface area contributed by atoms with Crippen molar-refractivity contribution in [1.29, 1.82) is 0 Å². The van der Waals surface area contributed by atoms with Crippen LogP contribution in [0, 0.1) is 5.92 Å². The molecule has 1 aliphatic heterocycles. The molecule has 19 heavy (non-hydrogen) atoms. The highest BCUT2D eigenvalue weighted by Crippen LogP contribution is 2.31. The fraction of sp³-hybridized carbons (Fsp3) is 0.933. The number of hydrogen-bond donors (Lipinski definition) is 1. The van der Waals surface area contributed by atoms with Gasteiger partial charge in [0.05, 0.1) is 6.54 Å². The number of aliphatic imine (C=N–C) groups is 1. The van der Waals surface area contributed by atoms with Crippen molar-refractivity contribution in [2.45, 2.75) is 52.0 Å². The molecule has 2 aliphatic rings. The number of fused-ring (bicyclic) bond motifs is 1. The summed E-state index contributed by atoms with van der Waals surface area (Å²) in [4.78, 5) is 7.26. The number of likely N-dealkylation sites (N-methyl/N-ethyl adjacent to an activating group) is 1. The maximum absolute atomic E-state index is 4.77. The van der Waals surface area contributed by atoms with Gasteiger partial charge >= 0.3 is 0 Å². The predicted octanol–water partition coefficient (Wildman–Crippen LogP) is 2.97. The summed E-state index contributed by atoms with van der Waals surface area (Å²) < 4.78 is 0. The van der Waals surface area contributed by atoms with Gasteiger partial charge < -0.3 is 10.2 Å². The topological polar surface area (TPSA) is 27.6 Å². The third kappa shape index (κ3) is 4.67. The van der Waals surface area contributed by atoms with Crippen LogP contribution in [0.4, 0.5) is 0 Å². The van der Waals surface area contributed by atoms with Gasteiger partial charge in [-0.2, -0.15) is 0 Å². The molecule has 1 aliphatic carbocycles. The molecule has 110 valence electrons. The van der Waals surface area contributed by atoms with E-state index >= 15 is 0 Å². The van der Waals surface area contributed by atoms with Gasteiger partial charge in [-0.1, -0.05) is 38.5 Å². The van der Waals surface area contributed by atoms with E-state index in [2.05, 4.69) is 24.1 Å². The van der Waals surface area contributed by atoms with Gasteiger partial charge in [-0.25, -0.2) is 0 Å². The Bertz CT molecular complexity index is 293. The molecule has 1 saturated heterocycles. The molecule has 0 spiro atoms. The zero-order chi connectivity index (χ0) is 13.5. The summed E-state index contributed by atoms with van der Waals surface area (Å²) in [5.74, 6) is 2.17. The van der Waals surface area contributed by atoms with Gasteiger partial charge in [-0.15, -0.1) is 0 Å². The first-order chi connectivity index (χ1) is 9.33. The Morgan fingerprint density at radius 2 is 2.11 bits per heavy atom. The van der Waals surface area contributed by atoms with E-state index in [1.54, 1.807) is 0 Å². The molecule has 1 N–H and O–H groups in total. The number of amidine groups is 1. The standard InChI is InChI=1S/C15H29N3S/c1-3-10-18(4-2)11-9-16-15-17-14-8-6-5-7-13(14)12-19-15/h13-14H,3-12H2,1-2H3,(H,16,17). The quantitative estimate of drug-likeness (QED) is 0.812. The average Bonchev–Trinajstić information content (AvgIpc) is 2.46. The van der Waals surface area contributed by atoms with E-state index in [0.29, 0.717) is 6.04 Å². The fourth-order valence-electron chi connectivity index (χ4n) is 3.11. The lowest BCUT2D eigenvalue weighted by Gasteiger charge is -2.36. The van der Waals surface area contributed by atoms with E-state index in [1.807, 2.05) is 11.8 Å². The van der Waals surface area contributed by atoms with Crippen molar-refractivity contribution in [1.82, 2.24) is 10.2 Å². The second-order valence-corrected chi connectivity index (χ2v) is 6.74. The second-order valence-electron chi connectivity index (χ2n) is 5.73. The molecule has 1 saturated carbocycles. The number of nitrogens with zero attached hydrogens (tertiary/aromatic N) is 2. The molecule has 0 amide bonds. The van der Waals surface area contributed by atoms with Crippen LogP contribution in [0.2, 0.25) is 0 Å². The largest absolute Gasteiger partial charge is 0.362 e. The lowest BCUT2D eigenvalue weighted by molar-refractivity contribution is 0.296. The molecule has 1 heterocycles. The van der Waals surface area contributed by atoms with Gasteiger partial charge in [0.15, 0.2) is 5.17 Å². The molecule has 0 aromatic rings. The lowest BCUT2D eigenvalue weighted by atomic mass is 9.86. The van der Waals surface area contributed by atoms with Crippen molar-refractivity contribution in [2.24, 2.45) is 10.9 Å². The average molecular weight is 283 g/mol. The minimum absolute atomic E-state index is 0.715. The predicted molar refractivity (Wildman–Crippen MR) is 86.0 cm³/mol. The Labute approximate surface area is 122 Å². The van der Waals surface area contributed by atoms with Gasteiger partial charge in [0, 0.05) is 18.3 Å². The minimum atomic E-state index is 0.715. The Kier molecular flexibility index (Phi) is 6.51. The first-order valence-electron chi connectivity index (χ1n) is 7.99. The fourth-order valence-corrected chi connectivity index (χ4v) is 4.30. The van der Waals surface area contributed by atoms with E-state index in [-0.39, 0.29) is 0 Å². The first-order valence-corrected chi connectivity index (χ1v) is 8.98. The molecule has 0 aromatic carbocycles. The van der Waals surface area contributed by atoms with Gasteiger partial charge in [-0.05, 0) is 38.3 Å².